The zero-order valence-electron chi connectivity index (χ0n) is 71.7. The fourth-order valence-electron chi connectivity index (χ4n) is 19.0. The van der Waals surface area contributed by atoms with Gasteiger partial charge in [0, 0.05) is 81.6 Å². The van der Waals surface area contributed by atoms with Crippen LogP contribution in [0.25, 0.3) is 33.0 Å². The number of hydrogen-bond acceptors (Lipinski definition) is 13. The smallest absolute Gasteiger partial charge is 0.312 e. The molecule has 1 N–H and O–H groups in total. The van der Waals surface area contributed by atoms with Crippen LogP contribution in [0.3, 0.4) is 0 Å². The molecular formula is C87H104F24N4O14P4. The van der Waals surface area contributed by atoms with Gasteiger partial charge in [0.05, 0.1) is 97.5 Å². The van der Waals surface area contributed by atoms with Crippen LogP contribution in [0.1, 0.15) is 112 Å². The van der Waals surface area contributed by atoms with E-state index in [0.29, 0.717) is 117 Å². The van der Waals surface area contributed by atoms with Crippen molar-refractivity contribution < 1.29 is 186 Å². The first-order valence-corrected chi connectivity index (χ1v) is 50.5. The Bertz CT molecular complexity index is 4740. The molecule has 4 aromatic heterocycles. The molecule has 133 heavy (non-hydrogen) atoms. The monoisotopic (exact) mass is 2010 g/mol. The fraction of sp³-hybridized carbons (Fsp3) is 0.483. The molecule has 20 bridgehead atoms. The molecule has 744 valence electrons. The molecular weight excluding hydrogens is 1900 g/mol. The summed E-state index contributed by atoms with van der Waals surface area (Å²) in [5.74, 6) is 3.85. The van der Waals surface area contributed by atoms with Crippen molar-refractivity contribution in [1.29, 1.82) is 0 Å². The van der Waals surface area contributed by atoms with Gasteiger partial charge in [0.25, 0.3) is 0 Å². The van der Waals surface area contributed by atoms with Crippen molar-refractivity contribution in [1.82, 2.24) is 0 Å². The second kappa shape index (κ2) is 39.9. The largest absolute Gasteiger partial charge is 0.491 e. The van der Waals surface area contributed by atoms with E-state index in [-0.39, 0.29) is 41.2 Å². The van der Waals surface area contributed by atoms with Gasteiger partial charge in [0.1, 0.15) is 37.9 Å². The Kier molecular flexibility index (Phi) is 32.0. The third-order valence-corrected chi connectivity index (χ3v) is 22.8. The molecule has 32 rings (SSSR count). The number of aliphatic carboxylic acids is 1. The number of halogens is 24. The van der Waals surface area contributed by atoms with Gasteiger partial charge in [-0.25, -0.2) is 18.3 Å². The molecule has 0 radical (unpaired) electrons. The minimum Gasteiger partial charge on any atom is -0.491 e. The fourth-order valence-corrected chi connectivity index (χ4v) is 19.0. The number of carbonyl (C=O) groups is 3. The van der Waals surface area contributed by atoms with Crippen LogP contribution >= 0.6 is 31.2 Å². The Morgan fingerprint density at radius 1 is 0.301 bits per heavy atom. The maximum absolute atomic E-state index is 12.9. The first kappa shape index (κ1) is 107. The number of carboxylic acid groups (broad SMARTS) is 1. The normalized spacial score (nSPS) is 23.0. The molecule has 24 aliphatic rings. The van der Waals surface area contributed by atoms with Gasteiger partial charge in [-0.15, -0.1) is 0 Å². The predicted octanol–water partition coefficient (Wildman–Crippen LogP) is 25.7. The average molecular weight is 2010 g/mol. The van der Waals surface area contributed by atoms with Crippen molar-refractivity contribution >= 4 is 59.9 Å². The number of pyridine rings is 4. The maximum Gasteiger partial charge on any atom is 0.312 e. The van der Waals surface area contributed by atoms with E-state index in [9.17, 15) is 120 Å². The number of rotatable bonds is 31. The van der Waals surface area contributed by atoms with Gasteiger partial charge in [-0.1, -0.05) is 72.8 Å². The summed E-state index contributed by atoms with van der Waals surface area (Å²) in [5, 5.41) is 11.4. The molecule has 4 aromatic carbocycles. The van der Waals surface area contributed by atoms with Gasteiger partial charge in [-0.05, 0) is 152 Å². The Morgan fingerprint density at radius 2 is 0.541 bits per heavy atom. The van der Waals surface area contributed by atoms with E-state index in [2.05, 4.69) is 165 Å². The molecule has 0 saturated heterocycles. The van der Waals surface area contributed by atoms with Crippen molar-refractivity contribution in [3.05, 3.63) is 205 Å². The average Bonchev–Trinajstić information content (AvgIpc) is 0.723. The number of carbonyl (C=O) groups excluding carboxylic acids is 2. The molecule has 8 aromatic rings. The van der Waals surface area contributed by atoms with E-state index in [0.717, 1.165) is 118 Å². The van der Waals surface area contributed by atoms with E-state index in [1.165, 1.54) is 70.2 Å². The summed E-state index contributed by atoms with van der Waals surface area (Å²) in [6.07, 6.45) is 31.0. The number of nitrogens with zero attached hydrogens (tertiary/aromatic N) is 4. The van der Waals surface area contributed by atoms with Crippen LogP contribution in [0.5, 0.6) is 11.5 Å². The van der Waals surface area contributed by atoms with Crippen LogP contribution in [0.15, 0.2) is 183 Å². The minimum absolute atomic E-state index is 0.00419. The second-order valence-corrected chi connectivity index (χ2v) is 42.4. The third kappa shape index (κ3) is 43.6. The Labute approximate surface area is 749 Å². The summed E-state index contributed by atoms with van der Waals surface area (Å²) in [5.41, 5.74) is 9.64. The molecule has 4 atom stereocenters. The Balaban J connectivity index is 0.000000225. The van der Waals surface area contributed by atoms with E-state index in [1.54, 1.807) is 0 Å². The van der Waals surface area contributed by atoms with Gasteiger partial charge in [-0.2, -0.15) is 0 Å². The number of esters is 2. The molecule has 46 heteroatoms. The Morgan fingerprint density at radius 3 is 0.812 bits per heavy atom. The Hall–Kier alpha value is -8.45. The number of carboxylic acids is 1. The summed E-state index contributed by atoms with van der Waals surface area (Å²) in [6.45, 7) is 9.68. The van der Waals surface area contributed by atoms with Crippen molar-refractivity contribution in [2.45, 2.75) is 116 Å². The number of hydrogen-bond donors (Lipinski definition) is 1. The van der Waals surface area contributed by atoms with Crippen LogP contribution in [0.4, 0.5) is 101 Å². The van der Waals surface area contributed by atoms with E-state index in [1.807, 2.05) is 36.4 Å². The van der Waals surface area contributed by atoms with Crippen LogP contribution in [0.2, 0.25) is 0 Å². The molecule has 20 heterocycles. The van der Waals surface area contributed by atoms with E-state index < -0.39 is 37.2 Å². The van der Waals surface area contributed by atoms with Crippen LogP contribution in [-0.2, 0) is 78.5 Å². The molecule has 18 nitrogen and oxygen atoms in total. The first-order valence-electron chi connectivity index (χ1n) is 42.4. The van der Waals surface area contributed by atoms with Crippen molar-refractivity contribution in [2.75, 3.05) is 106 Å². The van der Waals surface area contributed by atoms with E-state index in [4.69, 9.17) is 47.4 Å². The summed E-state index contributed by atoms with van der Waals surface area (Å²) < 4.78 is 303. The molecule has 16 aliphatic heterocycles. The van der Waals surface area contributed by atoms with Gasteiger partial charge in [0.15, 0.2) is 75.8 Å². The van der Waals surface area contributed by atoms with E-state index >= 15 is 0 Å². The summed E-state index contributed by atoms with van der Waals surface area (Å²) in [4.78, 5) is 37.3. The minimum atomic E-state index is -10.7. The van der Waals surface area contributed by atoms with Crippen LogP contribution in [0, 0.1) is 45.8 Å². The second-order valence-electron chi connectivity index (χ2n) is 34.7. The van der Waals surface area contributed by atoms with Crippen molar-refractivity contribution in [3.63, 3.8) is 0 Å². The first-order chi connectivity index (χ1) is 61.2. The topological polar surface area (TPSA) is 179 Å². The standard InChI is InChI=1S/C51H72O14.C36H32N4.4F6P/c52-46(53)34-49-27-40-26-41(28-49)30-50(29-40,36-49)35-47(54)64-21-17-60-13-9-56-7-11-58-15-19-62-44-5-1-4-43-42(44)3-2-6-45(43)63-20-16-59-12-8-57-10-14-61-18-22-65-48(55)51-31-37-23-38(32-51)25-39(24-37)33-51;1-2-30-4-3-29(1)25-37-17-9-33(10-18-37)35-13-21-39(22-14-35)27-31-5-7-32(8-6-31)28-40-23-15-36(16-24-40)34-11-19-38(26-30)20-12-34;4*1-7(2,3,4,5)6/h1-6,37-41H,7-36H2,(H,52,53);1-24H,25-28H2;;;;/q;+4;4*-1/t37?,38?,39?,40-,41+,49?,50?,51?;;;;;. The maximum atomic E-state index is 12.9. The van der Waals surface area contributed by atoms with Gasteiger partial charge >= 0.3 is 150 Å². The van der Waals surface area contributed by atoms with Gasteiger partial charge in [-0.3, -0.25) is 14.4 Å². The van der Waals surface area contributed by atoms with Crippen LogP contribution in [-0.4, -0.2) is 129 Å². The number of benzene rings is 4. The third-order valence-electron chi connectivity index (χ3n) is 22.8. The zero-order chi connectivity index (χ0) is 97.3. The van der Waals surface area contributed by atoms with Crippen LogP contribution < -0.4 is 27.7 Å². The van der Waals surface area contributed by atoms with Crippen molar-refractivity contribution in [3.8, 4) is 33.8 Å². The predicted molar refractivity (Wildman–Crippen MR) is 447 cm³/mol. The summed E-state index contributed by atoms with van der Waals surface area (Å²) >= 11 is 0. The SMILES string of the molecule is F[P-](F)(F)(F)(F)F.F[P-](F)(F)(F)(F)F.F[P-](F)(F)(F)(F)F.F[P-](F)(F)(F)(F)F.O=C(O)CC12C[C@H]3C[C@@H](C1)CC(CC(=O)OCCOCCOCCOCCOc1cccc4c(OCCOCCOCCOCCOC(=O)C56CC7CC(CC(C7)C5)C6)cccc14)(C3)C2.c1cc2ccc1C[n+]1ccc(cc1)-c1cc[n+](cc1)Cc1ccc(cc1)C[n+]1ccc(cc1)-c1cc[n+](cc1)C2. The number of fused-ring (bicyclic) bond motifs is 1. The van der Waals surface area contributed by atoms with Gasteiger partial charge < -0.3 is 52.5 Å². The summed E-state index contributed by atoms with van der Waals surface area (Å²) in [6, 6.07) is 47.3. The number of aromatic nitrogens is 4. The molecule has 0 spiro atoms. The molecule has 8 fully saturated rings. The van der Waals surface area contributed by atoms with Gasteiger partial charge in [0.2, 0.25) is 0 Å². The zero-order valence-corrected chi connectivity index (χ0v) is 75.2. The van der Waals surface area contributed by atoms with Crippen molar-refractivity contribution in [2.24, 2.45) is 45.8 Å². The molecule has 2 unspecified atom stereocenters. The molecule has 8 saturated carbocycles. The molecule has 0 amide bonds. The number of ether oxygens (including phenoxy) is 10. The summed E-state index contributed by atoms with van der Waals surface area (Å²) in [7, 11) is -42.6. The molecule has 8 aliphatic carbocycles. The quantitative estimate of drug-likeness (QED) is 0.0143.